The molecular formula is C5H9BrO3. The van der Waals surface area contributed by atoms with Crippen LogP contribution in [0, 0.1) is 0 Å². The molecule has 0 heterocycles. The molecule has 0 aromatic heterocycles. The number of ketones is 1. The summed E-state index contributed by atoms with van der Waals surface area (Å²) >= 11 is 2.34. The molecule has 0 amide bonds. The molecule has 0 aromatic carbocycles. The zero-order valence-corrected chi connectivity index (χ0v) is 7.19. The van der Waals surface area contributed by atoms with Gasteiger partial charge in [0.15, 0.2) is 16.3 Å². The minimum atomic E-state index is -0.875. The predicted octanol–water partition coefficient (Wildman–Crippen LogP) is 1.45. The third-order valence-corrected chi connectivity index (χ3v) is 0.652. The van der Waals surface area contributed by atoms with Crippen molar-refractivity contribution in [1.82, 2.24) is 0 Å². The number of hydrogen-bond donors (Lipinski definition) is 0. The molecule has 0 spiro atoms. The third kappa shape index (κ3) is 7.62. The van der Waals surface area contributed by atoms with E-state index in [1.165, 1.54) is 0 Å². The van der Waals surface area contributed by atoms with E-state index in [2.05, 4.69) is 20.1 Å². The summed E-state index contributed by atoms with van der Waals surface area (Å²) in [6, 6.07) is 0. The van der Waals surface area contributed by atoms with Gasteiger partial charge in [-0.1, -0.05) is 13.8 Å². The van der Waals surface area contributed by atoms with E-state index in [1.54, 1.807) is 0 Å². The van der Waals surface area contributed by atoms with Crippen molar-refractivity contribution in [2.75, 3.05) is 0 Å². The molecule has 0 radical (unpaired) electrons. The molecule has 0 fully saturated rings. The van der Waals surface area contributed by atoms with Gasteiger partial charge in [-0.3, -0.25) is 4.79 Å². The molecule has 3 nitrogen and oxygen atoms in total. The number of carbonyl (C=O) groups excluding carboxylic acids is 2. The summed E-state index contributed by atoms with van der Waals surface area (Å²) < 4.78 is 3.84. The molecule has 4 heteroatoms. The fourth-order valence-electron chi connectivity index (χ4n) is 0.0543. The smallest absolute Gasteiger partial charge is 0.378 e. The van der Waals surface area contributed by atoms with Crippen molar-refractivity contribution in [3.63, 3.8) is 0 Å². The van der Waals surface area contributed by atoms with E-state index in [-0.39, 0.29) is 0 Å². The Morgan fingerprint density at radius 3 is 1.67 bits per heavy atom. The molecule has 0 bridgehead atoms. The normalized spacial score (nSPS) is 6.67. The van der Waals surface area contributed by atoms with Gasteiger partial charge in [0.1, 0.15) is 0 Å². The highest BCUT2D eigenvalue weighted by molar-refractivity contribution is 9.06. The Bertz CT molecular complexity index is 100. The SMILES string of the molecule is CC.CC(=O)C(=O)OBr. The van der Waals surface area contributed by atoms with E-state index in [9.17, 15) is 9.59 Å². The van der Waals surface area contributed by atoms with Gasteiger partial charge in [-0.25, -0.2) is 4.79 Å². The van der Waals surface area contributed by atoms with Crippen molar-refractivity contribution in [1.29, 1.82) is 0 Å². The van der Waals surface area contributed by atoms with Crippen LogP contribution in [0.25, 0.3) is 0 Å². The zero-order valence-electron chi connectivity index (χ0n) is 5.60. The molecule has 0 saturated heterocycles. The Labute approximate surface area is 62.8 Å². The molecule has 54 valence electrons. The molecule has 0 aliphatic carbocycles. The summed E-state index contributed by atoms with van der Waals surface area (Å²) in [5.41, 5.74) is 0. The van der Waals surface area contributed by atoms with Crippen molar-refractivity contribution in [3.8, 4) is 0 Å². The van der Waals surface area contributed by atoms with E-state index >= 15 is 0 Å². The lowest BCUT2D eigenvalue weighted by Gasteiger charge is -1.82. The standard InChI is InChI=1S/C3H3BrO3.C2H6/c1-2(5)3(6)7-4;1-2/h1H3;1-2H3. The first-order chi connectivity index (χ1) is 4.18. The second-order valence-corrected chi connectivity index (χ2v) is 1.24. The lowest BCUT2D eigenvalue weighted by Crippen LogP contribution is -2.07. The topological polar surface area (TPSA) is 43.4 Å². The van der Waals surface area contributed by atoms with Crippen molar-refractivity contribution < 1.29 is 13.4 Å². The summed E-state index contributed by atoms with van der Waals surface area (Å²) in [5, 5.41) is 0. The Balaban J connectivity index is 0. The van der Waals surface area contributed by atoms with Gasteiger partial charge in [0.2, 0.25) is 5.78 Å². The van der Waals surface area contributed by atoms with E-state index in [0.717, 1.165) is 6.92 Å². The zero-order chi connectivity index (χ0) is 7.86. The average Bonchev–Trinajstić information content (AvgIpc) is 1.91. The van der Waals surface area contributed by atoms with Crippen LogP contribution in [0.1, 0.15) is 20.8 Å². The maximum Gasteiger partial charge on any atom is 0.385 e. The van der Waals surface area contributed by atoms with E-state index < -0.39 is 11.8 Å². The molecule has 0 aromatic rings. The van der Waals surface area contributed by atoms with Gasteiger partial charge in [0.25, 0.3) is 0 Å². The lowest BCUT2D eigenvalue weighted by atomic mass is 10.5. The van der Waals surface area contributed by atoms with Gasteiger partial charge in [-0.15, -0.1) is 0 Å². The quantitative estimate of drug-likeness (QED) is 0.597. The fraction of sp³-hybridized carbons (Fsp3) is 0.600. The Morgan fingerprint density at radius 1 is 1.33 bits per heavy atom. The van der Waals surface area contributed by atoms with Gasteiger partial charge in [0, 0.05) is 6.92 Å². The van der Waals surface area contributed by atoms with Crippen LogP contribution in [0.15, 0.2) is 0 Å². The molecule has 0 N–H and O–H groups in total. The van der Waals surface area contributed by atoms with Crippen molar-refractivity contribution in [2.24, 2.45) is 0 Å². The van der Waals surface area contributed by atoms with Crippen LogP contribution < -0.4 is 0 Å². The average molecular weight is 197 g/mol. The summed E-state index contributed by atoms with van der Waals surface area (Å²) in [6.45, 7) is 5.13. The second-order valence-electron chi connectivity index (χ2n) is 0.921. The lowest BCUT2D eigenvalue weighted by molar-refractivity contribution is -0.144. The highest BCUT2D eigenvalue weighted by Crippen LogP contribution is 1.85. The third-order valence-electron chi connectivity index (χ3n) is 0.358. The number of hydrogen-bond acceptors (Lipinski definition) is 3. The van der Waals surface area contributed by atoms with Crippen LogP contribution in [-0.2, 0) is 13.4 Å². The minimum absolute atomic E-state index is 0.614. The monoisotopic (exact) mass is 196 g/mol. The molecular weight excluding hydrogens is 188 g/mol. The second kappa shape index (κ2) is 7.62. The number of Topliss-reactive ketones (excluding diaryl/α,β-unsaturated/α-hetero) is 1. The van der Waals surface area contributed by atoms with Gasteiger partial charge in [-0.05, 0) is 0 Å². The first-order valence-electron chi connectivity index (χ1n) is 2.52. The predicted molar refractivity (Wildman–Crippen MR) is 37.0 cm³/mol. The molecule has 0 rings (SSSR count). The van der Waals surface area contributed by atoms with Gasteiger partial charge in [0.05, 0.1) is 0 Å². The molecule has 0 aliphatic rings. The highest BCUT2D eigenvalue weighted by atomic mass is 79.9. The van der Waals surface area contributed by atoms with Gasteiger partial charge in [-0.2, -0.15) is 0 Å². The first kappa shape index (κ1) is 11.4. The largest absolute Gasteiger partial charge is 0.385 e. The Morgan fingerprint density at radius 2 is 1.67 bits per heavy atom. The first-order valence-corrected chi connectivity index (χ1v) is 3.16. The minimum Gasteiger partial charge on any atom is -0.378 e. The Hall–Kier alpha value is -0.380. The van der Waals surface area contributed by atoms with Crippen molar-refractivity contribution in [2.45, 2.75) is 20.8 Å². The van der Waals surface area contributed by atoms with Crippen LogP contribution >= 0.6 is 16.3 Å². The molecule has 0 aliphatic heterocycles. The molecule has 0 unspecified atom stereocenters. The molecule has 0 saturated carbocycles. The van der Waals surface area contributed by atoms with E-state index in [0.29, 0.717) is 0 Å². The maximum atomic E-state index is 9.89. The van der Waals surface area contributed by atoms with Gasteiger partial charge >= 0.3 is 5.97 Å². The summed E-state index contributed by atoms with van der Waals surface area (Å²) in [4.78, 5) is 19.8. The fourth-order valence-corrected chi connectivity index (χ4v) is 0.282. The van der Waals surface area contributed by atoms with E-state index in [4.69, 9.17) is 0 Å². The summed E-state index contributed by atoms with van der Waals surface area (Å²) in [5.74, 6) is -1.49. The number of carbonyl (C=O) groups is 2. The van der Waals surface area contributed by atoms with Crippen molar-refractivity contribution >= 4 is 28.0 Å². The number of rotatable bonds is 1. The van der Waals surface area contributed by atoms with E-state index in [1.807, 2.05) is 13.8 Å². The van der Waals surface area contributed by atoms with Crippen LogP contribution in [0.2, 0.25) is 0 Å². The van der Waals surface area contributed by atoms with Crippen LogP contribution in [0.4, 0.5) is 0 Å². The number of halogens is 1. The Kier molecular flexibility index (Phi) is 9.67. The maximum absolute atomic E-state index is 9.89. The van der Waals surface area contributed by atoms with Crippen LogP contribution in [0.3, 0.4) is 0 Å². The van der Waals surface area contributed by atoms with Gasteiger partial charge < -0.3 is 3.83 Å². The molecule has 9 heavy (non-hydrogen) atoms. The summed E-state index contributed by atoms with van der Waals surface area (Å²) in [6.07, 6.45) is 0. The highest BCUT2D eigenvalue weighted by Gasteiger charge is 2.05. The van der Waals surface area contributed by atoms with Crippen LogP contribution in [0.5, 0.6) is 0 Å². The summed E-state index contributed by atoms with van der Waals surface area (Å²) in [7, 11) is 0. The van der Waals surface area contributed by atoms with Crippen molar-refractivity contribution in [3.05, 3.63) is 0 Å². The van der Waals surface area contributed by atoms with Crippen LogP contribution in [-0.4, -0.2) is 11.8 Å². The molecule has 0 atom stereocenters.